The standard InChI is InChI=1S/C15H16FNO3S/c1-3-17(13-6-4-5-12(16)11-13)21(18,19)15-9-7-14(20-2)8-10-15/h4-11H,3H2,1-2H3. The second-order valence-corrected chi connectivity index (χ2v) is 6.19. The highest BCUT2D eigenvalue weighted by atomic mass is 32.2. The van der Waals surface area contributed by atoms with E-state index < -0.39 is 15.8 Å². The van der Waals surface area contributed by atoms with Gasteiger partial charge in [-0.25, -0.2) is 12.8 Å². The number of hydrogen-bond acceptors (Lipinski definition) is 3. The van der Waals surface area contributed by atoms with Crippen molar-refractivity contribution in [3.63, 3.8) is 0 Å². The number of nitrogens with zero attached hydrogens (tertiary/aromatic N) is 1. The SMILES string of the molecule is CCN(c1cccc(F)c1)S(=O)(=O)c1ccc(OC)cc1. The fraction of sp³-hybridized carbons (Fsp3) is 0.200. The first-order chi connectivity index (χ1) is 9.98. The third kappa shape index (κ3) is 3.16. The number of rotatable bonds is 5. The summed E-state index contributed by atoms with van der Waals surface area (Å²) >= 11 is 0. The van der Waals surface area contributed by atoms with Gasteiger partial charge in [-0.15, -0.1) is 0 Å². The van der Waals surface area contributed by atoms with Crippen LogP contribution in [-0.2, 0) is 10.0 Å². The molecule has 0 fully saturated rings. The first-order valence-electron chi connectivity index (χ1n) is 6.41. The predicted molar refractivity (Wildman–Crippen MR) is 79.6 cm³/mol. The van der Waals surface area contributed by atoms with E-state index in [9.17, 15) is 12.8 Å². The average molecular weight is 309 g/mol. The minimum Gasteiger partial charge on any atom is -0.497 e. The van der Waals surface area contributed by atoms with E-state index in [1.807, 2.05) is 0 Å². The molecule has 21 heavy (non-hydrogen) atoms. The molecular weight excluding hydrogens is 293 g/mol. The molecule has 0 aliphatic carbocycles. The van der Waals surface area contributed by atoms with Crippen LogP contribution in [-0.4, -0.2) is 22.1 Å². The molecule has 0 aliphatic rings. The zero-order valence-corrected chi connectivity index (χ0v) is 12.6. The Bertz CT molecular complexity index is 714. The molecule has 0 bridgehead atoms. The van der Waals surface area contributed by atoms with Crippen molar-refractivity contribution in [2.45, 2.75) is 11.8 Å². The van der Waals surface area contributed by atoms with Crippen molar-refractivity contribution in [3.8, 4) is 5.75 Å². The third-order valence-electron chi connectivity index (χ3n) is 3.03. The van der Waals surface area contributed by atoms with E-state index in [0.717, 1.165) is 4.31 Å². The van der Waals surface area contributed by atoms with E-state index in [1.54, 1.807) is 25.1 Å². The summed E-state index contributed by atoms with van der Waals surface area (Å²) in [5.41, 5.74) is 0.299. The van der Waals surface area contributed by atoms with E-state index in [-0.39, 0.29) is 11.4 Å². The smallest absolute Gasteiger partial charge is 0.264 e. The molecule has 4 nitrogen and oxygen atoms in total. The number of sulfonamides is 1. The van der Waals surface area contributed by atoms with Gasteiger partial charge in [0.25, 0.3) is 10.0 Å². The molecule has 0 atom stereocenters. The van der Waals surface area contributed by atoms with Crippen LogP contribution >= 0.6 is 0 Å². The van der Waals surface area contributed by atoms with E-state index >= 15 is 0 Å². The van der Waals surface area contributed by atoms with Gasteiger partial charge in [-0.05, 0) is 49.4 Å². The van der Waals surface area contributed by atoms with Gasteiger partial charge in [-0.2, -0.15) is 0 Å². The van der Waals surface area contributed by atoms with E-state index in [1.165, 1.54) is 37.4 Å². The monoisotopic (exact) mass is 309 g/mol. The van der Waals surface area contributed by atoms with Gasteiger partial charge in [0.05, 0.1) is 17.7 Å². The minimum absolute atomic E-state index is 0.134. The molecule has 0 saturated heterocycles. The van der Waals surface area contributed by atoms with Gasteiger partial charge < -0.3 is 4.74 Å². The normalized spacial score (nSPS) is 11.2. The van der Waals surface area contributed by atoms with Crippen molar-refractivity contribution < 1.29 is 17.5 Å². The van der Waals surface area contributed by atoms with Gasteiger partial charge in [-0.1, -0.05) is 6.07 Å². The Balaban J connectivity index is 2.44. The van der Waals surface area contributed by atoms with Crippen LogP contribution < -0.4 is 9.04 Å². The maximum absolute atomic E-state index is 13.3. The predicted octanol–water partition coefficient (Wildman–Crippen LogP) is 3.05. The van der Waals surface area contributed by atoms with E-state index in [4.69, 9.17) is 4.74 Å². The Labute approximate surface area is 123 Å². The molecule has 0 aromatic heterocycles. The largest absolute Gasteiger partial charge is 0.497 e. The zero-order chi connectivity index (χ0) is 15.5. The second kappa shape index (κ2) is 6.13. The number of anilines is 1. The topological polar surface area (TPSA) is 46.6 Å². The molecule has 2 rings (SSSR count). The third-order valence-corrected chi connectivity index (χ3v) is 4.95. The van der Waals surface area contributed by atoms with Crippen molar-refractivity contribution >= 4 is 15.7 Å². The summed E-state index contributed by atoms with van der Waals surface area (Å²) in [6.07, 6.45) is 0. The summed E-state index contributed by atoms with van der Waals surface area (Å²) in [6, 6.07) is 11.6. The summed E-state index contributed by atoms with van der Waals surface area (Å²) in [5.74, 6) is 0.0960. The van der Waals surface area contributed by atoms with Gasteiger partial charge >= 0.3 is 0 Å². The molecule has 0 N–H and O–H groups in total. The van der Waals surface area contributed by atoms with E-state index in [0.29, 0.717) is 11.4 Å². The van der Waals surface area contributed by atoms with Crippen LogP contribution in [0, 0.1) is 5.82 Å². The Morgan fingerprint density at radius 3 is 2.33 bits per heavy atom. The molecule has 0 unspecified atom stereocenters. The first kappa shape index (κ1) is 15.3. The fourth-order valence-corrected chi connectivity index (χ4v) is 3.46. The number of halogens is 1. The summed E-state index contributed by atoms with van der Waals surface area (Å²) in [7, 11) is -2.23. The zero-order valence-electron chi connectivity index (χ0n) is 11.8. The van der Waals surface area contributed by atoms with Crippen LogP contribution in [0.1, 0.15) is 6.92 Å². The van der Waals surface area contributed by atoms with Crippen molar-refractivity contribution in [3.05, 3.63) is 54.3 Å². The highest BCUT2D eigenvalue weighted by Gasteiger charge is 2.23. The van der Waals surface area contributed by atoms with Crippen molar-refractivity contribution in [2.75, 3.05) is 18.0 Å². The van der Waals surface area contributed by atoms with Crippen molar-refractivity contribution in [1.82, 2.24) is 0 Å². The van der Waals surface area contributed by atoms with E-state index in [2.05, 4.69) is 0 Å². The van der Waals surface area contributed by atoms with Crippen LogP contribution in [0.2, 0.25) is 0 Å². The lowest BCUT2D eigenvalue weighted by Gasteiger charge is -2.23. The molecule has 0 saturated carbocycles. The molecule has 2 aromatic rings. The summed E-state index contributed by atoms with van der Waals surface area (Å²) in [6.45, 7) is 1.91. The number of benzene rings is 2. The summed E-state index contributed by atoms with van der Waals surface area (Å²) in [5, 5.41) is 0. The lowest BCUT2D eigenvalue weighted by Crippen LogP contribution is -2.30. The molecular formula is C15H16FNO3S. The van der Waals surface area contributed by atoms with Gasteiger partial charge in [0.15, 0.2) is 0 Å². The molecule has 0 aliphatic heterocycles. The molecule has 0 amide bonds. The summed E-state index contributed by atoms with van der Waals surface area (Å²) < 4.78 is 44.8. The van der Waals surface area contributed by atoms with Gasteiger partial charge in [0, 0.05) is 6.54 Å². The molecule has 112 valence electrons. The Morgan fingerprint density at radius 2 is 1.81 bits per heavy atom. The molecule has 2 aromatic carbocycles. The lowest BCUT2D eigenvalue weighted by molar-refractivity contribution is 0.414. The fourth-order valence-electron chi connectivity index (χ4n) is 2.00. The number of methoxy groups -OCH3 is 1. The lowest BCUT2D eigenvalue weighted by atomic mass is 10.3. The highest BCUT2D eigenvalue weighted by molar-refractivity contribution is 7.92. The Morgan fingerprint density at radius 1 is 1.14 bits per heavy atom. The van der Waals surface area contributed by atoms with Gasteiger partial charge in [0.2, 0.25) is 0 Å². The molecule has 0 radical (unpaired) electrons. The quantitative estimate of drug-likeness (QED) is 0.853. The summed E-state index contributed by atoms with van der Waals surface area (Å²) in [4.78, 5) is 0.134. The van der Waals surface area contributed by atoms with Crippen molar-refractivity contribution in [1.29, 1.82) is 0 Å². The van der Waals surface area contributed by atoms with Gasteiger partial charge in [0.1, 0.15) is 11.6 Å². The minimum atomic E-state index is -3.73. The molecule has 0 spiro atoms. The van der Waals surface area contributed by atoms with Crippen LogP contribution in [0.4, 0.5) is 10.1 Å². The first-order valence-corrected chi connectivity index (χ1v) is 7.85. The second-order valence-electron chi connectivity index (χ2n) is 4.33. The molecule has 0 heterocycles. The van der Waals surface area contributed by atoms with Crippen LogP contribution in [0.3, 0.4) is 0 Å². The number of ether oxygens (including phenoxy) is 1. The Hall–Kier alpha value is -2.08. The van der Waals surface area contributed by atoms with Crippen molar-refractivity contribution in [2.24, 2.45) is 0 Å². The Kier molecular flexibility index (Phi) is 4.47. The van der Waals surface area contributed by atoms with Crippen LogP contribution in [0.5, 0.6) is 5.75 Å². The van der Waals surface area contributed by atoms with Gasteiger partial charge in [-0.3, -0.25) is 4.31 Å². The highest BCUT2D eigenvalue weighted by Crippen LogP contribution is 2.25. The molecule has 6 heteroatoms. The maximum atomic E-state index is 13.3. The average Bonchev–Trinajstić information content (AvgIpc) is 2.48. The van der Waals surface area contributed by atoms with Crippen LogP contribution in [0.15, 0.2) is 53.4 Å². The maximum Gasteiger partial charge on any atom is 0.264 e. The van der Waals surface area contributed by atoms with Crippen LogP contribution in [0.25, 0.3) is 0 Å². The number of hydrogen-bond donors (Lipinski definition) is 0.